The van der Waals surface area contributed by atoms with Gasteiger partial charge in [0.25, 0.3) is 0 Å². The number of hydrogen-bond donors (Lipinski definition) is 1. The molecule has 0 aliphatic rings. The molecule has 1 N–H and O–H groups in total. The molecule has 0 bridgehead atoms. The highest BCUT2D eigenvalue weighted by Crippen LogP contribution is 2.14. The van der Waals surface area contributed by atoms with Crippen molar-refractivity contribution in [1.82, 2.24) is 5.32 Å². The summed E-state index contributed by atoms with van der Waals surface area (Å²) in [6, 6.07) is 0. The van der Waals surface area contributed by atoms with E-state index in [1.807, 2.05) is 0 Å². The Kier molecular flexibility index (Phi) is 9.02. The van der Waals surface area contributed by atoms with Crippen LogP contribution in [0.5, 0.6) is 0 Å². The first-order valence-corrected chi connectivity index (χ1v) is 5.49. The highest BCUT2D eigenvalue weighted by molar-refractivity contribution is 4.60. The lowest BCUT2D eigenvalue weighted by molar-refractivity contribution is 0.410. The summed E-state index contributed by atoms with van der Waals surface area (Å²) in [5.41, 5.74) is 0. The third kappa shape index (κ3) is 6.66. The molecule has 1 nitrogen and oxygen atoms in total. The van der Waals surface area contributed by atoms with Gasteiger partial charge < -0.3 is 5.32 Å². The highest BCUT2D eigenvalue weighted by Gasteiger charge is 2.04. The van der Waals surface area contributed by atoms with Gasteiger partial charge in [-0.2, -0.15) is 0 Å². The Morgan fingerprint density at radius 1 is 1.00 bits per heavy atom. The average molecular weight is 171 g/mol. The molecule has 0 spiro atoms. The van der Waals surface area contributed by atoms with Gasteiger partial charge in [-0.15, -0.1) is 0 Å². The second kappa shape index (κ2) is 9.05. The van der Waals surface area contributed by atoms with Crippen LogP contribution >= 0.6 is 0 Å². The Labute approximate surface area is 77.9 Å². The normalized spacial score (nSPS) is 13.2. The van der Waals surface area contributed by atoms with E-state index >= 15 is 0 Å². The van der Waals surface area contributed by atoms with Crippen molar-refractivity contribution in [2.75, 3.05) is 13.6 Å². The molecule has 1 atom stereocenters. The van der Waals surface area contributed by atoms with Crippen molar-refractivity contribution < 1.29 is 0 Å². The molecule has 12 heavy (non-hydrogen) atoms. The van der Waals surface area contributed by atoms with Crippen molar-refractivity contribution in [3.05, 3.63) is 0 Å². The van der Waals surface area contributed by atoms with Crippen molar-refractivity contribution >= 4 is 0 Å². The molecule has 0 fully saturated rings. The Bertz CT molecular complexity index is 75.1. The molecule has 0 rings (SSSR count). The molecular formula is C11H25N. The lowest BCUT2D eigenvalue weighted by Gasteiger charge is -2.14. The van der Waals surface area contributed by atoms with E-state index < -0.39 is 0 Å². The molecule has 0 amide bonds. The Balaban J connectivity index is 3.34. The van der Waals surface area contributed by atoms with E-state index in [4.69, 9.17) is 0 Å². The van der Waals surface area contributed by atoms with Crippen LogP contribution in [0.1, 0.15) is 52.4 Å². The van der Waals surface area contributed by atoms with Crippen LogP contribution in [0.2, 0.25) is 0 Å². The van der Waals surface area contributed by atoms with Crippen LogP contribution in [0, 0.1) is 5.92 Å². The van der Waals surface area contributed by atoms with E-state index in [1.165, 1.54) is 45.1 Å². The quantitative estimate of drug-likeness (QED) is 0.553. The van der Waals surface area contributed by atoms with Gasteiger partial charge in [0.1, 0.15) is 0 Å². The van der Waals surface area contributed by atoms with Gasteiger partial charge in [-0.05, 0) is 32.4 Å². The fourth-order valence-corrected chi connectivity index (χ4v) is 1.73. The second-order valence-corrected chi connectivity index (χ2v) is 3.71. The summed E-state index contributed by atoms with van der Waals surface area (Å²) in [5, 5.41) is 3.28. The Hall–Kier alpha value is -0.0400. The second-order valence-electron chi connectivity index (χ2n) is 3.71. The topological polar surface area (TPSA) is 12.0 Å². The maximum Gasteiger partial charge on any atom is -0.00235 e. The molecule has 0 aliphatic carbocycles. The van der Waals surface area contributed by atoms with Crippen LogP contribution in [-0.4, -0.2) is 13.6 Å². The molecular weight excluding hydrogens is 146 g/mol. The van der Waals surface area contributed by atoms with Crippen molar-refractivity contribution in [3.8, 4) is 0 Å². The predicted molar refractivity (Wildman–Crippen MR) is 56.5 cm³/mol. The van der Waals surface area contributed by atoms with E-state index in [9.17, 15) is 0 Å². The zero-order valence-electron chi connectivity index (χ0n) is 9.03. The molecule has 74 valence electrons. The van der Waals surface area contributed by atoms with Gasteiger partial charge in [0, 0.05) is 0 Å². The maximum absolute atomic E-state index is 3.28. The van der Waals surface area contributed by atoms with Crippen LogP contribution in [0.3, 0.4) is 0 Å². The van der Waals surface area contributed by atoms with Crippen LogP contribution in [0.15, 0.2) is 0 Å². The minimum atomic E-state index is 0.923. The van der Waals surface area contributed by atoms with Crippen molar-refractivity contribution in [2.45, 2.75) is 52.4 Å². The first-order valence-electron chi connectivity index (χ1n) is 5.49. The molecule has 1 heteroatoms. The standard InChI is InChI=1S/C11H25N/c1-4-6-7-9-11(8-5-2)10-12-3/h11-12H,4-10H2,1-3H3. The molecule has 0 saturated carbocycles. The Morgan fingerprint density at radius 3 is 2.25 bits per heavy atom. The first-order chi connectivity index (χ1) is 5.85. The first kappa shape index (κ1) is 12.0. The van der Waals surface area contributed by atoms with Crippen molar-refractivity contribution in [3.63, 3.8) is 0 Å². The molecule has 0 heterocycles. The van der Waals surface area contributed by atoms with Crippen molar-refractivity contribution in [1.29, 1.82) is 0 Å². The summed E-state index contributed by atoms with van der Waals surface area (Å²) in [6.07, 6.45) is 8.32. The van der Waals surface area contributed by atoms with E-state index in [1.54, 1.807) is 0 Å². The Morgan fingerprint density at radius 2 is 1.75 bits per heavy atom. The molecule has 0 radical (unpaired) electrons. The fraction of sp³-hybridized carbons (Fsp3) is 1.00. The molecule has 1 unspecified atom stereocenters. The van der Waals surface area contributed by atoms with Crippen molar-refractivity contribution in [2.24, 2.45) is 5.92 Å². The minimum absolute atomic E-state index is 0.923. The van der Waals surface area contributed by atoms with E-state index in [2.05, 4.69) is 26.2 Å². The SMILES string of the molecule is CCCCCC(CCC)CNC. The maximum atomic E-state index is 3.28. The van der Waals surface area contributed by atoms with E-state index in [0.717, 1.165) is 5.92 Å². The molecule has 0 aromatic carbocycles. The average Bonchev–Trinajstić information content (AvgIpc) is 2.06. The molecule has 0 aliphatic heterocycles. The monoisotopic (exact) mass is 171 g/mol. The van der Waals surface area contributed by atoms with Crippen LogP contribution in [0.4, 0.5) is 0 Å². The number of unbranched alkanes of at least 4 members (excludes halogenated alkanes) is 2. The van der Waals surface area contributed by atoms with Gasteiger partial charge in [-0.25, -0.2) is 0 Å². The van der Waals surface area contributed by atoms with E-state index in [0.29, 0.717) is 0 Å². The molecule has 0 saturated heterocycles. The smallest absolute Gasteiger partial charge is 0.00235 e. The van der Waals surface area contributed by atoms with Gasteiger partial charge in [0.05, 0.1) is 0 Å². The highest BCUT2D eigenvalue weighted by atomic mass is 14.8. The summed E-state index contributed by atoms with van der Waals surface area (Å²) < 4.78 is 0. The number of rotatable bonds is 8. The largest absolute Gasteiger partial charge is 0.319 e. The predicted octanol–water partition coefficient (Wildman–Crippen LogP) is 3.20. The summed E-state index contributed by atoms with van der Waals surface area (Å²) >= 11 is 0. The summed E-state index contributed by atoms with van der Waals surface area (Å²) in [7, 11) is 2.06. The van der Waals surface area contributed by atoms with Crippen LogP contribution in [-0.2, 0) is 0 Å². The number of nitrogens with one attached hydrogen (secondary N) is 1. The lowest BCUT2D eigenvalue weighted by Crippen LogP contribution is -2.18. The minimum Gasteiger partial charge on any atom is -0.319 e. The molecule has 0 aromatic heterocycles. The third-order valence-electron chi connectivity index (χ3n) is 2.41. The number of hydrogen-bond acceptors (Lipinski definition) is 1. The fourth-order valence-electron chi connectivity index (χ4n) is 1.73. The zero-order valence-corrected chi connectivity index (χ0v) is 9.03. The van der Waals surface area contributed by atoms with E-state index in [-0.39, 0.29) is 0 Å². The molecule has 0 aromatic rings. The summed E-state index contributed by atoms with van der Waals surface area (Å²) in [4.78, 5) is 0. The summed E-state index contributed by atoms with van der Waals surface area (Å²) in [5.74, 6) is 0.923. The van der Waals surface area contributed by atoms with Crippen LogP contribution in [0.25, 0.3) is 0 Å². The van der Waals surface area contributed by atoms with Gasteiger partial charge >= 0.3 is 0 Å². The lowest BCUT2D eigenvalue weighted by atomic mass is 9.96. The van der Waals surface area contributed by atoms with Gasteiger partial charge in [-0.3, -0.25) is 0 Å². The third-order valence-corrected chi connectivity index (χ3v) is 2.41. The van der Waals surface area contributed by atoms with Gasteiger partial charge in [0.2, 0.25) is 0 Å². The zero-order chi connectivity index (χ0) is 9.23. The van der Waals surface area contributed by atoms with Gasteiger partial charge in [-0.1, -0.05) is 39.5 Å². The summed E-state index contributed by atoms with van der Waals surface area (Å²) in [6.45, 7) is 5.76. The van der Waals surface area contributed by atoms with Crippen LogP contribution < -0.4 is 5.32 Å². The van der Waals surface area contributed by atoms with Gasteiger partial charge in [0.15, 0.2) is 0 Å².